The number of hydrogen-bond donors (Lipinski definition) is 3. The molecule has 0 unspecified atom stereocenters. The lowest BCUT2D eigenvalue weighted by molar-refractivity contribution is -0.119. The molecule has 4 N–H and O–H groups in total. The van der Waals surface area contributed by atoms with Crippen LogP contribution in [0.5, 0.6) is 0 Å². The van der Waals surface area contributed by atoms with E-state index in [0.717, 1.165) is 6.08 Å². The lowest BCUT2D eigenvalue weighted by Crippen LogP contribution is -2.31. The van der Waals surface area contributed by atoms with Gasteiger partial charge >= 0.3 is 0 Å². The number of amides is 2. The Balaban J connectivity index is 4.49. The highest BCUT2D eigenvalue weighted by Crippen LogP contribution is 1.98. The molecule has 0 fully saturated rings. The molecule has 0 atom stereocenters. The first kappa shape index (κ1) is 12.4. The summed E-state index contributed by atoms with van der Waals surface area (Å²) in [4.78, 5) is 21.9. The predicted octanol–water partition coefficient (Wildman–Crippen LogP) is -0.570. The van der Waals surface area contributed by atoms with Gasteiger partial charge in [0.2, 0.25) is 5.91 Å². The minimum Gasteiger partial charge on any atom is -0.392 e. The van der Waals surface area contributed by atoms with Gasteiger partial charge < -0.3 is 16.2 Å². The highest BCUT2D eigenvalue weighted by atomic mass is 16.2. The Kier molecular flexibility index (Phi) is 5.24. The number of carbonyl (C=O) groups is 2. The van der Waals surface area contributed by atoms with Gasteiger partial charge in [-0.3, -0.25) is 9.59 Å². The van der Waals surface area contributed by atoms with Crippen LogP contribution in [0, 0.1) is 0 Å². The van der Waals surface area contributed by atoms with E-state index < -0.39 is 11.8 Å². The molecule has 5 heteroatoms. The van der Waals surface area contributed by atoms with Gasteiger partial charge in [-0.05, 0) is 19.4 Å². The van der Waals surface area contributed by atoms with Gasteiger partial charge in [0.1, 0.15) is 5.70 Å². The average molecular weight is 198 g/mol. The van der Waals surface area contributed by atoms with Crippen LogP contribution in [0.4, 0.5) is 0 Å². The van der Waals surface area contributed by atoms with E-state index in [1.165, 1.54) is 6.08 Å². The number of primary amides is 1. The average Bonchev–Trinajstić information content (AvgIpc) is 2.09. The summed E-state index contributed by atoms with van der Waals surface area (Å²) in [6.45, 7) is 3.10. The molecule has 0 spiro atoms. The molecule has 0 aromatic heterocycles. The molecule has 0 rings (SSSR count). The highest BCUT2D eigenvalue weighted by molar-refractivity contribution is 5.99. The zero-order chi connectivity index (χ0) is 11.1. The number of nitrogens with one attached hydrogen (secondary N) is 1. The Morgan fingerprint density at radius 3 is 2.36 bits per heavy atom. The fourth-order valence-corrected chi connectivity index (χ4v) is 0.758. The van der Waals surface area contributed by atoms with Gasteiger partial charge in [0.25, 0.3) is 5.91 Å². The zero-order valence-electron chi connectivity index (χ0n) is 8.20. The summed E-state index contributed by atoms with van der Waals surface area (Å²) < 4.78 is 0. The van der Waals surface area contributed by atoms with Crippen LogP contribution >= 0.6 is 0 Å². The fourth-order valence-electron chi connectivity index (χ4n) is 0.758. The maximum absolute atomic E-state index is 11.1. The number of nitrogens with two attached hydrogens (primary N) is 1. The molecule has 0 aliphatic rings. The molecule has 78 valence electrons. The second kappa shape index (κ2) is 5.93. The molecule has 0 saturated carbocycles. The van der Waals surface area contributed by atoms with E-state index in [1.54, 1.807) is 13.8 Å². The Labute approximate surface area is 82.3 Å². The summed E-state index contributed by atoms with van der Waals surface area (Å²) in [5.41, 5.74) is 5.74. The molecule has 0 aromatic carbocycles. The van der Waals surface area contributed by atoms with Crippen molar-refractivity contribution in [3.05, 3.63) is 23.4 Å². The van der Waals surface area contributed by atoms with E-state index >= 15 is 0 Å². The van der Waals surface area contributed by atoms with Gasteiger partial charge in [-0.2, -0.15) is 0 Å². The third kappa shape index (κ3) is 4.42. The molecule has 0 radical (unpaired) electrons. The Morgan fingerprint density at radius 1 is 1.43 bits per heavy atom. The number of aliphatic hydroxyl groups excluding tert-OH is 1. The van der Waals surface area contributed by atoms with Gasteiger partial charge in [0.05, 0.1) is 6.61 Å². The topological polar surface area (TPSA) is 92.4 Å². The minimum absolute atomic E-state index is 0.0811. The van der Waals surface area contributed by atoms with Crippen LogP contribution < -0.4 is 11.1 Å². The minimum atomic E-state index is -0.684. The van der Waals surface area contributed by atoms with E-state index in [2.05, 4.69) is 5.32 Å². The molecule has 14 heavy (non-hydrogen) atoms. The van der Waals surface area contributed by atoms with Crippen LogP contribution in [0.2, 0.25) is 0 Å². The summed E-state index contributed by atoms with van der Waals surface area (Å²) in [6.07, 6.45) is 2.39. The monoisotopic (exact) mass is 198 g/mol. The smallest absolute Gasteiger partial charge is 0.265 e. The van der Waals surface area contributed by atoms with Gasteiger partial charge in [0.15, 0.2) is 0 Å². The molecule has 2 amide bonds. The lowest BCUT2D eigenvalue weighted by atomic mass is 10.2. The maximum atomic E-state index is 11.1. The van der Waals surface area contributed by atoms with Crippen molar-refractivity contribution >= 4 is 11.8 Å². The molecule has 0 aliphatic carbocycles. The van der Waals surface area contributed by atoms with Crippen molar-refractivity contribution in [1.29, 1.82) is 0 Å². The van der Waals surface area contributed by atoms with Crippen LogP contribution in [-0.4, -0.2) is 23.5 Å². The van der Waals surface area contributed by atoms with Crippen LogP contribution in [0.25, 0.3) is 0 Å². The van der Waals surface area contributed by atoms with E-state index in [0.29, 0.717) is 5.57 Å². The Bertz CT molecular complexity index is 288. The van der Waals surface area contributed by atoms with E-state index in [-0.39, 0.29) is 12.3 Å². The third-order valence-electron chi connectivity index (χ3n) is 1.37. The van der Waals surface area contributed by atoms with Crippen molar-refractivity contribution in [1.82, 2.24) is 5.32 Å². The number of hydrogen-bond acceptors (Lipinski definition) is 3. The van der Waals surface area contributed by atoms with Crippen molar-refractivity contribution in [2.75, 3.05) is 6.61 Å². The van der Waals surface area contributed by atoms with E-state index in [9.17, 15) is 9.59 Å². The molecule has 5 nitrogen and oxygen atoms in total. The van der Waals surface area contributed by atoms with Crippen molar-refractivity contribution in [3.8, 4) is 0 Å². The van der Waals surface area contributed by atoms with E-state index in [1.807, 2.05) is 0 Å². The van der Waals surface area contributed by atoms with Crippen LogP contribution in [0.15, 0.2) is 23.4 Å². The zero-order valence-corrected chi connectivity index (χ0v) is 8.20. The van der Waals surface area contributed by atoms with Crippen LogP contribution in [-0.2, 0) is 9.59 Å². The molecule has 0 bridgehead atoms. The largest absolute Gasteiger partial charge is 0.392 e. The summed E-state index contributed by atoms with van der Waals surface area (Å²) in [7, 11) is 0. The van der Waals surface area contributed by atoms with Crippen LogP contribution in [0.1, 0.15) is 13.8 Å². The lowest BCUT2D eigenvalue weighted by Gasteiger charge is -2.05. The predicted molar refractivity (Wildman–Crippen MR) is 51.9 cm³/mol. The Morgan fingerprint density at radius 2 is 2.00 bits per heavy atom. The molecular formula is C9H14N2O3. The molecule has 0 aromatic rings. The first-order chi connectivity index (χ1) is 6.49. The summed E-state index contributed by atoms with van der Waals surface area (Å²) >= 11 is 0. The first-order valence-electron chi connectivity index (χ1n) is 4.04. The summed E-state index contributed by atoms with van der Waals surface area (Å²) in [5.74, 6) is -1.18. The van der Waals surface area contributed by atoms with Gasteiger partial charge in [0, 0.05) is 6.08 Å². The second-order valence-electron chi connectivity index (χ2n) is 2.81. The molecular weight excluding hydrogens is 184 g/mol. The number of carbonyl (C=O) groups excluding carboxylic acids is 2. The summed E-state index contributed by atoms with van der Waals surface area (Å²) in [5, 5.41) is 10.7. The van der Waals surface area contributed by atoms with E-state index in [4.69, 9.17) is 10.8 Å². The highest BCUT2D eigenvalue weighted by Gasteiger charge is 2.08. The fraction of sp³-hybridized carbons (Fsp3) is 0.333. The van der Waals surface area contributed by atoms with Gasteiger partial charge in [-0.15, -0.1) is 0 Å². The number of aliphatic hydroxyl groups is 1. The quantitative estimate of drug-likeness (QED) is 0.528. The maximum Gasteiger partial charge on any atom is 0.265 e. The molecule has 0 heterocycles. The normalized spacial score (nSPS) is 9.93. The molecule has 0 aliphatic heterocycles. The van der Waals surface area contributed by atoms with Gasteiger partial charge in [-0.1, -0.05) is 6.08 Å². The van der Waals surface area contributed by atoms with Gasteiger partial charge in [-0.25, -0.2) is 0 Å². The summed E-state index contributed by atoms with van der Waals surface area (Å²) in [6, 6.07) is 0. The number of rotatable bonds is 4. The standard InChI is InChI=1S/C9H14N2O3/c1-6(2)8(9(10)14)11-7(13)4-3-5-12/h3-4,12H,5H2,1-2H3,(H2,10,14)(H,11,13). The first-order valence-corrected chi connectivity index (χ1v) is 4.04. The van der Waals surface area contributed by atoms with Crippen molar-refractivity contribution in [2.24, 2.45) is 5.73 Å². The second-order valence-corrected chi connectivity index (χ2v) is 2.81. The van der Waals surface area contributed by atoms with Crippen LogP contribution in [0.3, 0.4) is 0 Å². The molecule has 0 saturated heterocycles. The third-order valence-corrected chi connectivity index (χ3v) is 1.37. The Hall–Kier alpha value is -1.62. The SMILES string of the molecule is CC(C)=C(NC(=O)C=CCO)C(N)=O. The van der Waals surface area contributed by atoms with Crippen molar-refractivity contribution in [2.45, 2.75) is 13.8 Å². The number of allylic oxidation sites excluding steroid dienone is 1. The van der Waals surface area contributed by atoms with Crippen molar-refractivity contribution < 1.29 is 14.7 Å². The van der Waals surface area contributed by atoms with Crippen molar-refractivity contribution in [3.63, 3.8) is 0 Å².